The van der Waals surface area contributed by atoms with Crippen molar-refractivity contribution in [1.29, 1.82) is 5.26 Å². The van der Waals surface area contributed by atoms with Gasteiger partial charge in [-0.3, -0.25) is 9.69 Å². The lowest BCUT2D eigenvalue weighted by molar-refractivity contribution is -0.154. The smallest absolute Gasteiger partial charge is 0.328 e. The number of nitriles is 1. The first-order valence-electron chi connectivity index (χ1n) is 9.13. The van der Waals surface area contributed by atoms with Crippen LogP contribution >= 0.6 is 0 Å². The van der Waals surface area contributed by atoms with Gasteiger partial charge in [-0.15, -0.1) is 0 Å². The molecule has 0 aromatic heterocycles. The molecular formula is C22H23N3O3. The molecular weight excluding hydrogens is 354 g/mol. The number of carbonyl (C=O) groups excluding carboxylic acids is 2. The molecule has 2 aromatic rings. The first-order chi connectivity index (χ1) is 13.5. The van der Waals surface area contributed by atoms with Crippen LogP contribution in [0.3, 0.4) is 0 Å². The summed E-state index contributed by atoms with van der Waals surface area (Å²) in [6.07, 6.45) is 0.466. The number of hydrogen-bond acceptors (Lipinski definition) is 5. The van der Waals surface area contributed by atoms with Gasteiger partial charge in [-0.1, -0.05) is 36.4 Å². The van der Waals surface area contributed by atoms with E-state index in [-0.39, 0.29) is 12.5 Å². The molecule has 6 nitrogen and oxygen atoms in total. The van der Waals surface area contributed by atoms with Gasteiger partial charge in [0.2, 0.25) is 5.91 Å². The van der Waals surface area contributed by atoms with Crippen molar-refractivity contribution in [1.82, 2.24) is 9.80 Å². The molecule has 1 amide bonds. The Morgan fingerprint density at radius 3 is 2.50 bits per heavy atom. The Morgan fingerprint density at radius 2 is 1.86 bits per heavy atom. The van der Waals surface area contributed by atoms with Crippen molar-refractivity contribution in [3.8, 4) is 6.07 Å². The third-order valence-electron chi connectivity index (χ3n) is 4.98. The number of hydrogen-bond donors (Lipinski definition) is 0. The molecule has 0 fully saturated rings. The van der Waals surface area contributed by atoms with Gasteiger partial charge in [0.15, 0.2) is 0 Å². The first-order valence-corrected chi connectivity index (χ1v) is 9.13. The van der Waals surface area contributed by atoms with Gasteiger partial charge >= 0.3 is 5.97 Å². The summed E-state index contributed by atoms with van der Waals surface area (Å²) in [6.45, 7) is 1.17. The van der Waals surface area contributed by atoms with Crippen LogP contribution < -0.4 is 0 Å². The van der Waals surface area contributed by atoms with Crippen LogP contribution in [0.25, 0.3) is 0 Å². The lowest BCUT2D eigenvalue weighted by Gasteiger charge is -2.36. The van der Waals surface area contributed by atoms with Gasteiger partial charge in [0.1, 0.15) is 6.04 Å². The minimum atomic E-state index is -0.601. The zero-order chi connectivity index (χ0) is 20.1. The molecule has 2 aromatic carbocycles. The van der Waals surface area contributed by atoms with Crippen molar-refractivity contribution in [2.45, 2.75) is 25.6 Å². The normalized spacial score (nSPS) is 15.6. The number of ether oxygens (including phenoxy) is 1. The van der Waals surface area contributed by atoms with Crippen molar-refractivity contribution >= 4 is 11.9 Å². The van der Waals surface area contributed by atoms with E-state index in [1.807, 2.05) is 48.3 Å². The number of carbonyl (C=O) groups is 2. The fraction of sp³-hybridized carbons (Fsp3) is 0.318. The minimum absolute atomic E-state index is 0.110. The number of nitrogens with zero attached hydrogens (tertiary/aromatic N) is 3. The van der Waals surface area contributed by atoms with Crippen LogP contribution in [0.4, 0.5) is 0 Å². The van der Waals surface area contributed by atoms with Crippen LogP contribution in [0, 0.1) is 11.3 Å². The number of likely N-dealkylation sites (N-methyl/N-ethyl adjacent to an activating group) is 1. The Morgan fingerprint density at radius 1 is 1.18 bits per heavy atom. The zero-order valence-corrected chi connectivity index (χ0v) is 16.1. The number of benzene rings is 2. The molecule has 1 unspecified atom stereocenters. The second-order valence-corrected chi connectivity index (χ2v) is 7.01. The number of esters is 1. The molecule has 0 radical (unpaired) electrons. The van der Waals surface area contributed by atoms with E-state index in [2.05, 4.69) is 6.07 Å². The lowest BCUT2D eigenvalue weighted by Crippen LogP contribution is -2.51. The standard InChI is InChI=1S/C22H23N3O3/c1-24(13-17-9-7-16(12-23)8-10-17)15-21(26)25-14-19-6-4-3-5-18(19)11-20(25)22(27)28-2/h3-10,20H,11,13-15H2,1-2H3. The summed E-state index contributed by atoms with van der Waals surface area (Å²) in [6, 6.07) is 16.6. The highest BCUT2D eigenvalue weighted by molar-refractivity contribution is 5.86. The van der Waals surface area contributed by atoms with Crippen LogP contribution in [-0.2, 0) is 33.8 Å². The van der Waals surface area contributed by atoms with Crippen molar-refractivity contribution < 1.29 is 14.3 Å². The quantitative estimate of drug-likeness (QED) is 0.746. The Hall–Kier alpha value is -3.17. The van der Waals surface area contributed by atoms with E-state index < -0.39 is 12.0 Å². The number of amides is 1. The van der Waals surface area contributed by atoms with E-state index in [0.29, 0.717) is 25.1 Å². The fourth-order valence-electron chi connectivity index (χ4n) is 3.51. The summed E-state index contributed by atoms with van der Waals surface area (Å²) < 4.78 is 4.93. The Labute approximate surface area is 164 Å². The second kappa shape index (κ2) is 8.68. The summed E-state index contributed by atoms with van der Waals surface area (Å²) >= 11 is 0. The maximum Gasteiger partial charge on any atom is 0.328 e. The van der Waals surface area contributed by atoms with Crippen LogP contribution in [0.1, 0.15) is 22.3 Å². The van der Waals surface area contributed by atoms with E-state index in [0.717, 1.165) is 16.7 Å². The molecule has 0 N–H and O–H groups in total. The maximum atomic E-state index is 13.0. The molecule has 1 aliphatic rings. The van der Waals surface area contributed by atoms with E-state index in [1.165, 1.54) is 7.11 Å². The minimum Gasteiger partial charge on any atom is -0.467 e. The van der Waals surface area contributed by atoms with E-state index in [4.69, 9.17) is 10.00 Å². The molecule has 0 bridgehead atoms. The summed E-state index contributed by atoms with van der Waals surface area (Å²) in [5, 5.41) is 8.88. The van der Waals surface area contributed by atoms with Crippen LogP contribution in [-0.4, -0.2) is 48.4 Å². The van der Waals surface area contributed by atoms with Gasteiger partial charge in [0.05, 0.1) is 25.3 Å². The van der Waals surface area contributed by atoms with Crippen LogP contribution in [0.5, 0.6) is 0 Å². The third-order valence-corrected chi connectivity index (χ3v) is 4.98. The van der Waals surface area contributed by atoms with Gasteiger partial charge in [-0.2, -0.15) is 5.26 Å². The molecule has 0 saturated heterocycles. The summed E-state index contributed by atoms with van der Waals surface area (Å²) in [5.74, 6) is -0.501. The van der Waals surface area contributed by atoms with Crippen molar-refractivity contribution in [2.24, 2.45) is 0 Å². The predicted octanol–water partition coefficient (Wildman–Crippen LogP) is 2.12. The maximum absolute atomic E-state index is 13.0. The predicted molar refractivity (Wildman–Crippen MR) is 104 cm³/mol. The van der Waals surface area contributed by atoms with Crippen LogP contribution in [0.2, 0.25) is 0 Å². The number of rotatable bonds is 5. The summed E-state index contributed by atoms with van der Waals surface area (Å²) in [5.41, 5.74) is 3.76. The average Bonchev–Trinajstić information content (AvgIpc) is 2.72. The van der Waals surface area contributed by atoms with E-state index in [9.17, 15) is 9.59 Å². The molecule has 1 atom stereocenters. The largest absolute Gasteiger partial charge is 0.467 e. The molecule has 0 aliphatic carbocycles. The van der Waals surface area contributed by atoms with Gasteiger partial charge in [-0.05, 0) is 35.9 Å². The summed E-state index contributed by atoms with van der Waals surface area (Å²) in [4.78, 5) is 28.8. The van der Waals surface area contributed by atoms with Crippen LogP contribution in [0.15, 0.2) is 48.5 Å². The summed E-state index contributed by atoms with van der Waals surface area (Å²) in [7, 11) is 3.21. The molecule has 1 heterocycles. The molecule has 28 heavy (non-hydrogen) atoms. The number of fused-ring (bicyclic) bond motifs is 1. The Kier molecular flexibility index (Phi) is 6.07. The molecule has 3 rings (SSSR count). The number of methoxy groups -OCH3 is 1. The Bertz CT molecular complexity index is 902. The molecule has 0 saturated carbocycles. The van der Waals surface area contributed by atoms with E-state index in [1.54, 1.807) is 17.0 Å². The molecule has 6 heteroatoms. The van der Waals surface area contributed by atoms with Gasteiger partial charge in [0.25, 0.3) is 0 Å². The average molecular weight is 377 g/mol. The fourth-order valence-corrected chi connectivity index (χ4v) is 3.51. The zero-order valence-electron chi connectivity index (χ0n) is 16.1. The lowest BCUT2D eigenvalue weighted by atomic mass is 9.94. The topological polar surface area (TPSA) is 73.6 Å². The highest BCUT2D eigenvalue weighted by atomic mass is 16.5. The third kappa shape index (κ3) is 4.38. The molecule has 1 aliphatic heterocycles. The van der Waals surface area contributed by atoms with Gasteiger partial charge in [0, 0.05) is 19.5 Å². The van der Waals surface area contributed by atoms with E-state index >= 15 is 0 Å². The monoisotopic (exact) mass is 377 g/mol. The van der Waals surface area contributed by atoms with Crippen molar-refractivity contribution in [3.63, 3.8) is 0 Å². The van der Waals surface area contributed by atoms with Crippen molar-refractivity contribution in [3.05, 3.63) is 70.8 Å². The Balaban J connectivity index is 1.70. The first kappa shape index (κ1) is 19.6. The highest BCUT2D eigenvalue weighted by Crippen LogP contribution is 2.24. The molecule has 144 valence electrons. The van der Waals surface area contributed by atoms with Gasteiger partial charge < -0.3 is 9.64 Å². The second-order valence-electron chi connectivity index (χ2n) is 7.01. The van der Waals surface area contributed by atoms with Crippen molar-refractivity contribution in [2.75, 3.05) is 20.7 Å². The SMILES string of the molecule is COC(=O)C1Cc2ccccc2CN1C(=O)CN(C)Cc1ccc(C#N)cc1. The molecule has 0 spiro atoms. The highest BCUT2D eigenvalue weighted by Gasteiger charge is 2.35. The van der Waals surface area contributed by atoms with Gasteiger partial charge in [-0.25, -0.2) is 4.79 Å².